The van der Waals surface area contributed by atoms with Gasteiger partial charge in [-0.25, -0.2) is 0 Å². The van der Waals surface area contributed by atoms with Gasteiger partial charge in [0.2, 0.25) is 5.91 Å². The Morgan fingerprint density at radius 1 is 0.846 bits per heavy atom. The summed E-state index contributed by atoms with van der Waals surface area (Å²) in [4.78, 5) is 11.9. The van der Waals surface area contributed by atoms with E-state index in [0.717, 1.165) is 18.5 Å². The number of nitrogens with one attached hydrogen (secondary N) is 2. The zero-order valence-corrected chi connectivity index (χ0v) is 17.4. The molecule has 0 saturated heterocycles. The highest BCUT2D eigenvalue weighted by Crippen LogP contribution is 2.12. The second-order valence-corrected chi connectivity index (χ2v) is 7.56. The van der Waals surface area contributed by atoms with Crippen LogP contribution in [-0.4, -0.2) is 11.0 Å². The standard InChI is InChI=1S/C22H36N2OS/c1-3-4-5-6-7-8-9-10-11-12-13-14-21(25)24-22(26)23-20-17-15-19(2)16-18-20/h15-18H,3-14H2,1-2H3,(H2,23,24,25,26). The van der Waals surface area contributed by atoms with Gasteiger partial charge in [0.05, 0.1) is 0 Å². The van der Waals surface area contributed by atoms with Gasteiger partial charge in [0.15, 0.2) is 5.11 Å². The van der Waals surface area contributed by atoms with Crippen molar-refractivity contribution in [2.24, 2.45) is 0 Å². The summed E-state index contributed by atoms with van der Waals surface area (Å²) in [5, 5.41) is 6.18. The first kappa shape index (κ1) is 22.6. The third-order valence-electron chi connectivity index (χ3n) is 4.57. The van der Waals surface area contributed by atoms with Gasteiger partial charge in [0.25, 0.3) is 0 Å². The predicted molar refractivity (Wildman–Crippen MR) is 117 cm³/mol. The predicted octanol–water partition coefficient (Wildman–Crippen LogP) is 6.51. The lowest BCUT2D eigenvalue weighted by Crippen LogP contribution is -2.33. The Kier molecular flexibility index (Phi) is 12.8. The van der Waals surface area contributed by atoms with Crippen molar-refractivity contribution in [2.45, 2.75) is 90.9 Å². The van der Waals surface area contributed by atoms with E-state index < -0.39 is 0 Å². The maximum atomic E-state index is 11.9. The van der Waals surface area contributed by atoms with Crippen molar-refractivity contribution < 1.29 is 4.79 Å². The molecule has 0 aliphatic heterocycles. The van der Waals surface area contributed by atoms with Gasteiger partial charge in [0.1, 0.15) is 0 Å². The van der Waals surface area contributed by atoms with E-state index in [4.69, 9.17) is 12.2 Å². The molecule has 0 aliphatic rings. The van der Waals surface area contributed by atoms with Crippen molar-refractivity contribution in [3.8, 4) is 0 Å². The van der Waals surface area contributed by atoms with Gasteiger partial charge in [-0.05, 0) is 37.7 Å². The second kappa shape index (κ2) is 14.7. The van der Waals surface area contributed by atoms with Crippen LogP contribution in [0.3, 0.4) is 0 Å². The summed E-state index contributed by atoms with van der Waals surface area (Å²) >= 11 is 5.19. The summed E-state index contributed by atoms with van der Waals surface area (Å²) in [6.45, 7) is 4.30. The molecule has 1 rings (SSSR count). The maximum Gasteiger partial charge on any atom is 0.226 e. The van der Waals surface area contributed by atoms with Crippen LogP contribution in [0.2, 0.25) is 0 Å². The van der Waals surface area contributed by atoms with Gasteiger partial charge in [-0.15, -0.1) is 0 Å². The molecule has 0 aliphatic carbocycles. The smallest absolute Gasteiger partial charge is 0.226 e. The molecule has 1 amide bonds. The van der Waals surface area contributed by atoms with E-state index in [-0.39, 0.29) is 5.91 Å². The van der Waals surface area contributed by atoms with Crippen LogP contribution in [-0.2, 0) is 4.79 Å². The summed E-state index contributed by atoms with van der Waals surface area (Å²) < 4.78 is 0. The third-order valence-corrected chi connectivity index (χ3v) is 4.77. The Morgan fingerprint density at radius 2 is 1.35 bits per heavy atom. The van der Waals surface area contributed by atoms with Gasteiger partial charge in [0, 0.05) is 12.1 Å². The van der Waals surface area contributed by atoms with E-state index in [2.05, 4.69) is 17.6 Å². The molecular formula is C22H36N2OS. The van der Waals surface area contributed by atoms with Crippen LogP contribution in [0.15, 0.2) is 24.3 Å². The number of rotatable bonds is 13. The van der Waals surface area contributed by atoms with Crippen molar-refractivity contribution in [3.05, 3.63) is 29.8 Å². The minimum absolute atomic E-state index is 0.00513. The fraction of sp³-hybridized carbons (Fsp3) is 0.636. The van der Waals surface area contributed by atoms with Crippen molar-refractivity contribution in [2.75, 3.05) is 5.32 Å². The minimum atomic E-state index is 0.00513. The lowest BCUT2D eigenvalue weighted by molar-refractivity contribution is -0.119. The van der Waals surface area contributed by atoms with Crippen LogP contribution in [0, 0.1) is 6.92 Å². The van der Waals surface area contributed by atoms with Crippen LogP contribution in [0.5, 0.6) is 0 Å². The molecular weight excluding hydrogens is 340 g/mol. The molecule has 0 radical (unpaired) electrons. The number of thiocarbonyl (C=S) groups is 1. The number of hydrogen-bond donors (Lipinski definition) is 2. The molecule has 26 heavy (non-hydrogen) atoms. The van der Waals surface area contributed by atoms with Gasteiger partial charge >= 0.3 is 0 Å². The quantitative estimate of drug-likeness (QED) is 0.304. The molecule has 0 unspecified atom stereocenters. The Bertz CT molecular complexity index is 513. The fourth-order valence-electron chi connectivity index (χ4n) is 2.94. The molecule has 1 aromatic carbocycles. The van der Waals surface area contributed by atoms with Gasteiger partial charge in [-0.1, -0.05) is 88.8 Å². The Morgan fingerprint density at radius 3 is 1.88 bits per heavy atom. The largest absolute Gasteiger partial charge is 0.332 e. The van der Waals surface area contributed by atoms with E-state index in [9.17, 15) is 4.79 Å². The minimum Gasteiger partial charge on any atom is -0.332 e. The first-order chi connectivity index (χ1) is 12.6. The summed E-state index contributed by atoms with van der Waals surface area (Å²) in [6, 6.07) is 7.94. The molecule has 2 N–H and O–H groups in total. The zero-order chi connectivity index (χ0) is 19.0. The molecule has 0 aromatic heterocycles. The molecule has 4 heteroatoms. The average molecular weight is 377 g/mol. The highest BCUT2D eigenvalue weighted by molar-refractivity contribution is 7.80. The molecule has 0 saturated carbocycles. The van der Waals surface area contributed by atoms with Crippen LogP contribution in [0.4, 0.5) is 5.69 Å². The average Bonchev–Trinajstić information content (AvgIpc) is 2.61. The topological polar surface area (TPSA) is 41.1 Å². The molecule has 0 fully saturated rings. The van der Waals surface area contributed by atoms with Crippen molar-refractivity contribution >= 4 is 28.9 Å². The van der Waals surface area contributed by atoms with Crippen molar-refractivity contribution in [1.29, 1.82) is 0 Å². The molecule has 0 atom stereocenters. The molecule has 146 valence electrons. The first-order valence-electron chi connectivity index (χ1n) is 10.3. The van der Waals surface area contributed by atoms with Gasteiger partial charge in [-0.2, -0.15) is 0 Å². The molecule has 3 nitrogen and oxygen atoms in total. The van der Waals surface area contributed by atoms with E-state index >= 15 is 0 Å². The molecule has 1 aromatic rings. The maximum absolute atomic E-state index is 11.9. The lowest BCUT2D eigenvalue weighted by atomic mass is 10.1. The van der Waals surface area contributed by atoms with E-state index in [1.165, 1.54) is 63.4 Å². The first-order valence-corrected chi connectivity index (χ1v) is 10.7. The van der Waals surface area contributed by atoms with Crippen LogP contribution >= 0.6 is 12.2 Å². The number of unbranched alkanes of at least 4 members (excludes halogenated alkanes) is 10. The number of benzene rings is 1. The van der Waals surface area contributed by atoms with Crippen LogP contribution < -0.4 is 10.6 Å². The van der Waals surface area contributed by atoms with Crippen molar-refractivity contribution in [1.82, 2.24) is 5.32 Å². The lowest BCUT2D eigenvalue weighted by Gasteiger charge is -2.09. The zero-order valence-electron chi connectivity index (χ0n) is 16.6. The van der Waals surface area contributed by atoms with Crippen LogP contribution in [0.25, 0.3) is 0 Å². The number of amides is 1. The molecule has 0 spiro atoms. The second-order valence-electron chi connectivity index (χ2n) is 7.15. The number of aryl methyl sites for hydroxylation is 1. The third kappa shape index (κ3) is 12.0. The summed E-state index contributed by atoms with van der Waals surface area (Å²) in [7, 11) is 0. The van der Waals surface area contributed by atoms with E-state index in [1.807, 2.05) is 31.2 Å². The number of carbonyl (C=O) groups excluding carboxylic acids is 1. The number of hydrogen-bond acceptors (Lipinski definition) is 2. The fourth-order valence-corrected chi connectivity index (χ4v) is 3.17. The Labute approximate surface area is 165 Å². The summed E-state index contributed by atoms with van der Waals surface area (Å²) in [6.07, 6.45) is 14.7. The van der Waals surface area contributed by atoms with Crippen molar-refractivity contribution in [3.63, 3.8) is 0 Å². The molecule has 0 bridgehead atoms. The van der Waals surface area contributed by atoms with E-state index in [1.54, 1.807) is 0 Å². The van der Waals surface area contributed by atoms with Gasteiger partial charge < -0.3 is 10.6 Å². The SMILES string of the molecule is CCCCCCCCCCCCCC(=O)NC(=S)Nc1ccc(C)cc1. The summed E-state index contributed by atoms with van der Waals surface area (Å²) in [5.74, 6) is 0.00513. The van der Waals surface area contributed by atoms with Gasteiger partial charge in [-0.3, -0.25) is 4.79 Å². The van der Waals surface area contributed by atoms with E-state index in [0.29, 0.717) is 11.5 Å². The molecule has 0 heterocycles. The normalized spacial score (nSPS) is 10.5. The number of anilines is 1. The summed E-state index contributed by atoms with van der Waals surface area (Å²) in [5.41, 5.74) is 2.09. The monoisotopic (exact) mass is 376 g/mol. The Hall–Kier alpha value is -1.42. The Balaban J connectivity index is 1.96. The number of carbonyl (C=O) groups is 1. The van der Waals surface area contributed by atoms with Crippen LogP contribution in [0.1, 0.15) is 89.5 Å². The highest BCUT2D eigenvalue weighted by Gasteiger charge is 2.04. The highest BCUT2D eigenvalue weighted by atomic mass is 32.1.